The minimum Gasteiger partial charge on any atom is -0.320 e. The Labute approximate surface area is 76.0 Å². The average molecular weight is 177 g/mol. The molecule has 13 heavy (non-hydrogen) atoms. The molecule has 0 fully saturated rings. The minimum atomic E-state index is 0.683. The number of nitrogens with zero attached hydrogens (tertiary/aromatic N) is 4. The van der Waals surface area contributed by atoms with Crippen molar-refractivity contribution in [3.8, 4) is 0 Å². The smallest absolute Gasteiger partial charge is 0.103 e. The van der Waals surface area contributed by atoms with Crippen LogP contribution in [0.15, 0.2) is 30.7 Å². The van der Waals surface area contributed by atoms with Crippen LogP contribution in [0.1, 0.15) is 5.69 Å². The second-order valence-electron chi connectivity index (χ2n) is 2.81. The number of rotatable bonds is 3. The summed E-state index contributed by atoms with van der Waals surface area (Å²) in [6, 6.07) is 3.92. The molecule has 0 aliphatic heterocycles. The van der Waals surface area contributed by atoms with Crippen LogP contribution in [0.3, 0.4) is 0 Å². The number of aryl methyl sites for hydroxylation is 1. The van der Waals surface area contributed by atoms with Crippen molar-refractivity contribution < 1.29 is 0 Å². The van der Waals surface area contributed by atoms with E-state index in [1.165, 1.54) is 0 Å². The Morgan fingerprint density at radius 3 is 2.77 bits per heavy atom. The van der Waals surface area contributed by atoms with Gasteiger partial charge in [0.05, 0.1) is 6.54 Å². The molecule has 0 aromatic carbocycles. The van der Waals surface area contributed by atoms with E-state index in [2.05, 4.69) is 15.7 Å². The van der Waals surface area contributed by atoms with Gasteiger partial charge in [0.2, 0.25) is 0 Å². The van der Waals surface area contributed by atoms with Crippen molar-refractivity contribution in [3.05, 3.63) is 36.4 Å². The van der Waals surface area contributed by atoms with Gasteiger partial charge in [-0.1, -0.05) is 5.21 Å². The quantitative estimate of drug-likeness (QED) is 0.736. The van der Waals surface area contributed by atoms with E-state index in [0.717, 1.165) is 5.69 Å². The third-order valence-electron chi connectivity index (χ3n) is 1.70. The first-order valence-corrected chi connectivity index (χ1v) is 4.06. The molecule has 0 amide bonds. The molecule has 5 heteroatoms. The maximum Gasteiger partial charge on any atom is 0.103 e. The molecule has 0 unspecified atom stereocenters. The highest BCUT2D eigenvalue weighted by Gasteiger charge is 1.96. The zero-order valence-corrected chi connectivity index (χ0v) is 7.38. The minimum absolute atomic E-state index is 0.683. The van der Waals surface area contributed by atoms with E-state index >= 15 is 0 Å². The van der Waals surface area contributed by atoms with Gasteiger partial charge in [-0.2, -0.15) is 0 Å². The molecular formula is C8H11N5. The van der Waals surface area contributed by atoms with E-state index in [1.807, 2.05) is 42.4 Å². The number of nitrogens with one attached hydrogen (secondary N) is 1. The van der Waals surface area contributed by atoms with Crippen LogP contribution in [0.5, 0.6) is 0 Å². The Morgan fingerprint density at radius 2 is 2.15 bits per heavy atom. The van der Waals surface area contributed by atoms with Crippen LogP contribution in [0, 0.1) is 0 Å². The molecule has 68 valence electrons. The number of aromatic nitrogens is 4. The molecule has 2 aromatic heterocycles. The summed E-state index contributed by atoms with van der Waals surface area (Å²) in [5.74, 6) is 0. The summed E-state index contributed by atoms with van der Waals surface area (Å²) < 4.78 is 3.57. The van der Waals surface area contributed by atoms with Gasteiger partial charge in [-0.25, -0.2) is 0 Å². The van der Waals surface area contributed by atoms with E-state index in [-0.39, 0.29) is 0 Å². The maximum absolute atomic E-state index is 3.95. The Bertz CT molecular complexity index is 362. The van der Waals surface area contributed by atoms with Gasteiger partial charge in [-0.3, -0.25) is 9.36 Å². The fourth-order valence-corrected chi connectivity index (χ4v) is 1.09. The lowest BCUT2D eigenvalue weighted by molar-refractivity contribution is 0.712. The van der Waals surface area contributed by atoms with E-state index in [1.54, 1.807) is 4.68 Å². The lowest BCUT2D eigenvalue weighted by atomic mass is 10.5. The fraction of sp³-hybridized carbons (Fsp3) is 0.250. The van der Waals surface area contributed by atoms with E-state index in [9.17, 15) is 0 Å². The highest BCUT2D eigenvalue weighted by atomic mass is 15.4. The third kappa shape index (κ3) is 1.87. The van der Waals surface area contributed by atoms with Gasteiger partial charge in [0.15, 0.2) is 0 Å². The largest absolute Gasteiger partial charge is 0.320 e. The lowest BCUT2D eigenvalue weighted by Gasteiger charge is -2.03. The first kappa shape index (κ1) is 7.85. The molecule has 0 spiro atoms. The Hall–Kier alpha value is -1.78. The number of hydrogen-bond donors (Lipinski definition) is 1. The van der Waals surface area contributed by atoms with E-state index in [4.69, 9.17) is 0 Å². The first-order valence-electron chi connectivity index (χ1n) is 4.06. The topological polar surface area (TPSA) is 47.7 Å². The lowest BCUT2D eigenvalue weighted by Crippen LogP contribution is -2.11. The van der Waals surface area contributed by atoms with Gasteiger partial charge < -0.3 is 5.43 Å². The van der Waals surface area contributed by atoms with Gasteiger partial charge >= 0.3 is 0 Å². The Morgan fingerprint density at radius 1 is 1.38 bits per heavy atom. The highest BCUT2D eigenvalue weighted by molar-refractivity contribution is 4.98. The second-order valence-corrected chi connectivity index (χ2v) is 2.81. The molecule has 0 aliphatic rings. The number of hydrogen-bond acceptors (Lipinski definition) is 3. The molecule has 1 N–H and O–H groups in total. The Kier molecular flexibility index (Phi) is 1.99. The highest BCUT2D eigenvalue weighted by Crippen LogP contribution is 1.92. The average Bonchev–Trinajstić information content (AvgIpc) is 2.71. The fourth-order valence-electron chi connectivity index (χ4n) is 1.09. The van der Waals surface area contributed by atoms with Crippen molar-refractivity contribution in [1.29, 1.82) is 0 Å². The van der Waals surface area contributed by atoms with Crippen molar-refractivity contribution in [2.24, 2.45) is 7.05 Å². The predicted octanol–water partition coefficient (Wildman–Crippen LogP) is 0.360. The van der Waals surface area contributed by atoms with Gasteiger partial charge in [0.1, 0.15) is 5.69 Å². The Balaban J connectivity index is 1.93. The molecule has 2 aromatic rings. The summed E-state index contributed by atoms with van der Waals surface area (Å²) in [6.45, 7) is 0.683. The van der Waals surface area contributed by atoms with Crippen LogP contribution in [-0.2, 0) is 13.6 Å². The van der Waals surface area contributed by atoms with Crippen LogP contribution in [-0.4, -0.2) is 19.7 Å². The summed E-state index contributed by atoms with van der Waals surface area (Å²) in [5.41, 5.74) is 4.08. The molecule has 0 saturated heterocycles. The van der Waals surface area contributed by atoms with Crippen LogP contribution < -0.4 is 5.43 Å². The molecule has 0 atom stereocenters. The molecule has 0 bridgehead atoms. The van der Waals surface area contributed by atoms with Crippen molar-refractivity contribution in [2.45, 2.75) is 6.54 Å². The van der Waals surface area contributed by atoms with E-state index < -0.39 is 0 Å². The van der Waals surface area contributed by atoms with Gasteiger partial charge in [0, 0.05) is 25.6 Å². The van der Waals surface area contributed by atoms with Gasteiger partial charge in [-0.05, 0) is 12.1 Å². The van der Waals surface area contributed by atoms with Gasteiger partial charge in [0.25, 0.3) is 0 Å². The van der Waals surface area contributed by atoms with Crippen molar-refractivity contribution in [1.82, 2.24) is 19.7 Å². The molecule has 2 rings (SSSR count). The molecule has 2 heterocycles. The molecule has 0 aliphatic carbocycles. The van der Waals surface area contributed by atoms with Crippen LogP contribution >= 0.6 is 0 Å². The monoisotopic (exact) mass is 177 g/mol. The molecule has 0 saturated carbocycles. The summed E-state index contributed by atoms with van der Waals surface area (Å²) in [4.78, 5) is 0. The molecule has 5 nitrogen and oxygen atoms in total. The van der Waals surface area contributed by atoms with Gasteiger partial charge in [-0.15, -0.1) is 5.10 Å². The summed E-state index contributed by atoms with van der Waals surface area (Å²) in [5, 5.41) is 7.79. The molecule has 0 radical (unpaired) electrons. The summed E-state index contributed by atoms with van der Waals surface area (Å²) in [6.07, 6.45) is 5.77. The van der Waals surface area contributed by atoms with Crippen molar-refractivity contribution in [3.63, 3.8) is 0 Å². The zero-order valence-electron chi connectivity index (χ0n) is 7.38. The van der Waals surface area contributed by atoms with Crippen LogP contribution in [0.2, 0.25) is 0 Å². The second kappa shape index (κ2) is 3.30. The SMILES string of the molecule is Cn1cc(CNn2cccc2)nn1. The predicted molar refractivity (Wildman–Crippen MR) is 48.5 cm³/mol. The van der Waals surface area contributed by atoms with E-state index in [0.29, 0.717) is 6.54 Å². The van der Waals surface area contributed by atoms with Crippen LogP contribution in [0.25, 0.3) is 0 Å². The summed E-state index contributed by atoms with van der Waals surface area (Å²) >= 11 is 0. The first-order chi connectivity index (χ1) is 6.34. The normalized spacial score (nSPS) is 10.2. The standard InChI is InChI=1S/C8H11N5/c1-12-7-8(10-11-12)6-9-13-4-2-3-5-13/h2-5,7,9H,6H2,1H3. The maximum atomic E-state index is 3.95. The third-order valence-corrected chi connectivity index (χ3v) is 1.70. The van der Waals surface area contributed by atoms with Crippen LogP contribution in [0.4, 0.5) is 0 Å². The van der Waals surface area contributed by atoms with Crippen molar-refractivity contribution in [2.75, 3.05) is 5.43 Å². The molecular weight excluding hydrogens is 166 g/mol. The summed E-state index contributed by atoms with van der Waals surface area (Å²) in [7, 11) is 1.85. The zero-order chi connectivity index (χ0) is 9.10. The van der Waals surface area contributed by atoms with Crippen molar-refractivity contribution >= 4 is 0 Å².